The van der Waals surface area contributed by atoms with Crippen LogP contribution in [0.1, 0.15) is 33.1 Å². The first-order valence-corrected chi connectivity index (χ1v) is 7.13. The van der Waals surface area contributed by atoms with Gasteiger partial charge in [0.05, 0.1) is 19.8 Å². The smallest absolute Gasteiger partial charge is 0.0700 e. The molecular formula is C13H28O3S. The third kappa shape index (κ3) is 8.03. The number of thiol groups is 1. The Morgan fingerprint density at radius 2 is 1.59 bits per heavy atom. The van der Waals surface area contributed by atoms with Crippen LogP contribution in [0.4, 0.5) is 0 Å². The van der Waals surface area contributed by atoms with Gasteiger partial charge in [-0.15, -0.1) is 0 Å². The van der Waals surface area contributed by atoms with Crippen molar-refractivity contribution in [3.63, 3.8) is 0 Å². The summed E-state index contributed by atoms with van der Waals surface area (Å²) in [6.07, 6.45) is 3.19. The van der Waals surface area contributed by atoms with Gasteiger partial charge < -0.3 is 14.2 Å². The van der Waals surface area contributed by atoms with Crippen LogP contribution in [0.3, 0.4) is 0 Å². The molecule has 0 aliphatic rings. The second kappa shape index (κ2) is 11.3. The van der Waals surface area contributed by atoms with Crippen molar-refractivity contribution in [2.75, 3.05) is 45.9 Å². The van der Waals surface area contributed by atoms with Crippen LogP contribution in [-0.4, -0.2) is 45.9 Å². The van der Waals surface area contributed by atoms with Crippen molar-refractivity contribution in [3.05, 3.63) is 0 Å². The van der Waals surface area contributed by atoms with Crippen molar-refractivity contribution >= 4 is 12.6 Å². The molecule has 0 aliphatic heterocycles. The molecule has 17 heavy (non-hydrogen) atoms. The molecule has 0 saturated carbocycles. The summed E-state index contributed by atoms with van der Waals surface area (Å²) in [4.78, 5) is 0. The number of hydrogen-bond acceptors (Lipinski definition) is 4. The highest BCUT2D eigenvalue weighted by Crippen LogP contribution is 2.27. The summed E-state index contributed by atoms with van der Waals surface area (Å²) in [6.45, 7) is 8.06. The van der Waals surface area contributed by atoms with E-state index in [0.717, 1.165) is 44.8 Å². The van der Waals surface area contributed by atoms with Gasteiger partial charge in [0.2, 0.25) is 0 Å². The van der Waals surface area contributed by atoms with E-state index in [1.54, 1.807) is 7.11 Å². The molecule has 104 valence electrons. The van der Waals surface area contributed by atoms with E-state index >= 15 is 0 Å². The standard InChI is InChI=1S/C13H28O3S/c1-4-13(5-2,12-17)11-16-8-6-7-15-10-9-14-3/h17H,4-12H2,1-3H3. The zero-order valence-electron chi connectivity index (χ0n) is 11.5. The first-order valence-electron chi connectivity index (χ1n) is 6.50. The highest BCUT2D eigenvalue weighted by atomic mass is 32.1. The fourth-order valence-electron chi connectivity index (χ4n) is 1.52. The molecule has 0 aromatic heterocycles. The van der Waals surface area contributed by atoms with E-state index in [-0.39, 0.29) is 5.41 Å². The van der Waals surface area contributed by atoms with Crippen LogP contribution < -0.4 is 0 Å². The lowest BCUT2D eigenvalue weighted by Gasteiger charge is -2.29. The Balaban J connectivity index is 3.43. The molecule has 0 spiro atoms. The minimum Gasteiger partial charge on any atom is -0.382 e. The Kier molecular flexibility index (Phi) is 11.5. The van der Waals surface area contributed by atoms with Crippen LogP contribution in [0, 0.1) is 5.41 Å². The maximum absolute atomic E-state index is 5.72. The van der Waals surface area contributed by atoms with Crippen molar-refractivity contribution in [2.45, 2.75) is 33.1 Å². The molecule has 0 aromatic rings. The highest BCUT2D eigenvalue weighted by Gasteiger charge is 2.24. The van der Waals surface area contributed by atoms with Crippen molar-refractivity contribution in [2.24, 2.45) is 5.41 Å². The molecule has 0 fully saturated rings. The van der Waals surface area contributed by atoms with Crippen LogP contribution in [0.15, 0.2) is 0 Å². The molecule has 0 heterocycles. The lowest BCUT2D eigenvalue weighted by molar-refractivity contribution is 0.0254. The molecule has 0 bridgehead atoms. The minimum atomic E-state index is 0.250. The topological polar surface area (TPSA) is 27.7 Å². The van der Waals surface area contributed by atoms with E-state index in [1.807, 2.05) is 0 Å². The summed E-state index contributed by atoms with van der Waals surface area (Å²) in [5, 5.41) is 0. The van der Waals surface area contributed by atoms with E-state index in [0.29, 0.717) is 13.2 Å². The Hall–Kier alpha value is 0.230. The second-order valence-corrected chi connectivity index (χ2v) is 4.69. The first-order chi connectivity index (χ1) is 8.24. The maximum Gasteiger partial charge on any atom is 0.0700 e. The van der Waals surface area contributed by atoms with E-state index in [9.17, 15) is 0 Å². The molecule has 0 radical (unpaired) electrons. The second-order valence-electron chi connectivity index (χ2n) is 4.38. The minimum absolute atomic E-state index is 0.250. The maximum atomic E-state index is 5.72. The average Bonchev–Trinajstić information content (AvgIpc) is 2.38. The lowest BCUT2D eigenvalue weighted by Crippen LogP contribution is -2.28. The molecular weight excluding hydrogens is 236 g/mol. The number of hydrogen-bond donors (Lipinski definition) is 1. The summed E-state index contributed by atoms with van der Waals surface area (Å²) in [5.41, 5.74) is 0.250. The summed E-state index contributed by atoms with van der Waals surface area (Å²) in [6, 6.07) is 0. The van der Waals surface area contributed by atoms with Crippen LogP contribution in [0.5, 0.6) is 0 Å². The summed E-state index contributed by atoms with van der Waals surface area (Å²) in [7, 11) is 1.68. The van der Waals surface area contributed by atoms with Gasteiger partial charge in [-0.2, -0.15) is 12.6 Å². The molecule has 0 aliphatic carbocycles. The van der Waals surface area contributed by atoms with Crippen LogP contribution in [-0.2, 0) is 14.2 Å². The van der Waals surface area contributed by atoms with Crippen molar-refractivity contribution in [1.82, 2.24) is 0 Å². The Morgan fingerprint density at radius 1 is 0.941 bits per heavy atom. The van der Waals surface area contributed by atoms with E-state index in [1.165, 1.54) is 0 Å². The van der Waals surface area contributed by atoms with Gasteiger partial charge in [-0.1, -0.05) is 13.8 Å². The predicted octanol–water partition coefficient (Wildman–Crippen LogP) is 2.79. The van der Waals surface area contributed by atoms with E-state index in [4.69, 9.17) is 14.2 Å². The van der Waals surface area contributed by atoms with Gasteiger partial charge in [0.15, 0.2) is 0 Å². The summed E-state index contributed by atoms with van der Waals surface area (Å²) >= 11 is 4.42. The van der Waals surface area contributed by atoms with Gasteiger partial charge in [0.1, 0.15) is 0 Å². The lowest BCUT2D eigenvalue weighted by atomic mass is 9.85. The Morgan fingerprint density at radius 3 is 2.12 bits per heavy atom. The molecule has 0 saturated heterocycles. The monoisotopic (exact) mass is 264 g/mol. The third-order valence-corrected chi connectivity index (χ3v) is 3.92. The molecule has 0 atom stereocenters. The Bertz CT molecular complexity index is 152. The van der Waals surface area contributed by atoms with Crippen LogP contribution in [0.2, 0.25) is 0 Å². The number of rotatable bonds is 12. The highest BCUT2D eigenvalue weighted by molar-refractivity contribution is 7.80. The summed E-state index contributed by atoms with van der Waals surface area (Å²) < 4.78 is 16.0. The molecule has 3 nitrogen and oxygen atoms in total. The largest absolute Gasteiger partial charge is 0.382 e. The molecule has 0 rings (SSSR count). The molecule has 0 amide bonds. The van der Waals surface area contributed by atoms with Crippen LogP contribution >= 0.6 is 12.6 Å². The Labute approximate surface area is 112 Å². The molecule has 0 unspecified atom stereocenters. The predicted molar refractivity (Wildman–Crippen MR) is 75.0 cm³/mol. The third-order valence-electron chi connectivity index (χ3n) is 3.25. The van der Waals surface area contributed by atoms with Gasteiger partial charge >= 0.3 is 0 Å². The van der Waals surface area contributed by atoms with Crippen LogP contribution in [0.25, 0.3) is 0 Å². The fraction of sp³-hybridized carbons (Fsp3) is 1.00. The van der Waals surface area contributed by atoms with Crippen molar-refractivity contribution < 1.29 is 14.2 Å². The quantitative estimate of drug-likeness (QED) is 0.434. The average molecular weight is 264 g/mol. The zero-order chi connectivity index (χ0) is 13.0. The fourth-order valence-corrected chi connectivity index (χ4v) is 2.06. The van der Waals surface area contributed by atoms with Gasteiger partial charge in [0, 0.05) is 25.7 Å². The van der Waals surface area contributed by atoms with E-state index < -0.39 is 0 Å². The van der Waals surface area contributed by atoms with E-state index in [2.05, 4.69) is 26.5 Å². The number of ether oxygens (including phenoxy) is 3. The molecule has 4 heteroatoms. The van der Waals surface area contributed by atoms with Crippen molar-refractivity contribution in [3.8, 4) is 0 Å². The SMILES string of the molecule is CCC(CC)(CS)COCCCOCCOC. The van der Waals surface area contributed by atoms with Gasteiger partial charge in [-0.05, 0) is 25.0 Å². The normalized spacial score (nSPS) is 12.0. The zero-order valence-corrected chi connectivity index (χ0v) is 12.4. The van der Waals surface area contributed by atoms with Gasteiger partial charge in [-0.3, -0.25) is 0 Å². The molecule has 0 aromatic carbocycles. The first kappa shape index (κ1) is 17.2. The molecule has 0 N–H and O–H groups in total. The van der Waals surface area contributed by atoms with Gasteiger partial charge in [0.25, 0.3) is 0 Å². The summed E-state index contributed by atoms with van der Waals surface area (Å²) in [5.74, 6) is 0.893. The number of methoxy groups -OCH3 is 1. The van der Waals surface area contributed by atoms with Crippen molar-refractivity contribution in [1.29, 1.82) is 0 Å². The van der Waals surface area contributed by atoms with Gasteiger partial charge in [-0.25, -0.2) is 0 Å².